The van der Waals surface area contributed by atoms with Crippen LogP contribution >= 0.6 is 0 Å². The van der Waals surface area contributed by atoms with E-state index in [1.54, 1.807) is 12.1 Å². The average Bonchev–Trinajstić information content (AvgIpc) is 2.96. The van der Waals surface area contributed by atoms with Crippen molar-refractivity contribution in [2.45, 2.75) is 25.1 Å². The van der Waals surface area contributed by atoms with Crippen LogP contribution in [0.5, 0.6) is 0 Å². The molecule has 1 heterocycles. The summed E-state index contributed by atoms with van der Waals surface area (Å²) in [4.78, 5) is 12.0. The Kier molecular flexibility index (Phi) is 4.79. The highest BCUT2D eigenvalue weighted by molar-refractivity contribution is 5.95. The van der Waals surface area contributed by atoms with Gasteiger partial charge in [0.2, 0.25) is 0 Å². The molecule has 1 atom stereocenters. The minimum Gasteiger partial charge on any atom is -0.469 e. The van der Waals surface area contributed by atoms with Crippen LogP contribution in [-0.4, -0.2) is 23.2 Å². The molecule has 0 aliphatic heterocycles. The molecule has 1 aromatic carbocycles. The zero-order chi connectivity index (χ0) is 17.1. The van der Waals surface area contributed by atoms with Gasteiger partial charge in [-0.15, -0.1) is 0 Å². The number of furan rings is 1. The second kappa shape index (κ2) is 6.45. The fraction of sp³-hybridized carbons (Fsp3) is 0.312. The number of carbonyl (C=O) groups excluding carboxylic acids is 1. The SMILES string of the molecule is C[C@](O)(CNC(=O)c1ccccc1C(F)(F)F)Cc1ccco1. The van der Waals surface area contributed by atoms with Crippen molar-refractivity contribution in [3.8, 4) is 0 Å². The Morgan fingerprint density at radius 2 is 1.91 bits per heavy atom. The normalized spacial score (nSPS) is 14.3. The quantitative estimate of drug-likeness (QED) is 0.887. The van der Waals surface area contributed by atoms with E-state index in [4.69, 9.17) is 4.42 Å². The third kappa shape index (κ3) is 4.59. The molecule has 2 N–H and O–H groups in total. The molecule has 0 bridgehead atoms. The summed E-state index contributed by atoms with van der Waals surface area (Å²) in [5.41, 5.74) is -2.84. The van der Waals surface area contributed by atoms with E-state index in [1.807, 2.05) is 0 Å². The van der Waals surface area contributed by atoms with Crippen LogP contribution in [-0.2, 0) is 12.6 Å². The van der Waals surface area contributed by atoms with Gasteiger partial charge in [0, 0.05) is 13.0 Å². The number of amides is 1. The number of rotatable bonds is 5. The van der Waals surface area contributed by atoms with Crippen molar-refractivity contribution in [1.82, 2.24) is 5.32 Å². The smallest absolute Gasteiger partial charge is 0.417 e. The molecule has 0 aliphatic carbocycles. The van der Waals surface area contributed by atoms with Crippen LogP contribution in [0.4, 0.5) is 13.2 Å². The van der Waals surface area contributed by atoms with Crippen LogP contribution in [0.1, 0.15) is 28.6 Å². The summed E-state index contributed by atoms with van der Waals surface area (Å²) in [7, 11) is 0. The lowest BCUT2D eigenvalue weighted by Gasteiger charge is -2.23. The number of alkyl halides is 3. The third-order valence-electron chi connectivity index (χ3n) is 3.24. The number of aliphatic hydroxyl groups is 1. The molecule has 0 fully saturated rings. The van der Waals surface area contributed by atoms with Crippen molar-refractivity contribution in [2.75, 3.05) is 6.54 Å². The van der Waals surface area contributed by atoms with Gasteiger partial charge in [-0.25, -0.2) is 0 Å². The summed E-state index contributed by atoms with van der Waals surface area (Å²) in [6, 6.07) is 7.83. The van der Waals surface area contributed by atoms with Crippen molar-refractivity contribution in [3.63, 3.8) is 0 Å². The number of hydrogen-bond acceptors (Lipinski definition) is 3. The first kappa shape index (κ1) is 17.1. The fourth-order valence-electron chi connectivity index (χ4n) is 2.15. The maximum absolute atomic E-state index is 12.9. The van der Waals surface area contributed by atoms with Gasteiger partial charge in [0.15, 0.2) is 0 Å². The van der Waals surface area contributed by atoms with Crippen molar-refractivity contribution in [1.29, 1.82) is 0 Å². The lowest BCUT2D eigenvalue weighted by molar-refractivity contribution is -0.137. The standard InChI is InChI=1S/C16H16F3NO3/c1-15(22,9-11-5-4-8-23-11)10-20-14(21)12-6-2-3-7-13(12)16(17,18)19/h2-8,22H,9-10H2,1H3,(H,20,21)/t15-/m1/s1. The van der Waals surface area contributed by atoms with Gasteiger partial charge in [-0.05, 0) is 31.2 Å². The molecule has 0 unspecified atom stereocenters. The van der Waals surface area contributed by atoms with Crippen molar-refractivity contribution in [2.24, 2.45) is 0 Å². The fourth-order valence-corrected chi connectivity index (χ4v) is 2.15. The maximum Gasteiger partial charge on any atom is 0.417 e. The van der Waals surface area contributed by atoms with E-state index in [9.17, 15) is 23.1 Å². The molecule has 7 heteroatoms. The first-order valence-corrected chi connectivity index (χ1v) is 6.88. The van der Waals surface area contributed by atoms with Crippen LogP contribution in [0, 0.1) is 0 Å². The Labute approximate surface area is 130 Å². The van der Waals surface area contributed by atoms with E-state index in [0.717, 1.165) is 12.1 Å². The predicted octanol–water partition coefficient (Wildman–Crippen LogP) is 3.02. The van der Waals surface area contributed by atoms with Gasteiger partial charge in [0.1, 0.15) is 5.76 Å². The maximum atomic E-state index is 12.9. The molecular weight excluding hydrogens is 311 g/mol. The zero-order valence-electron chi connectivity index (χ0n) is 12.4. The Hall–Kier alpha value is -2.28. The summed E-state index contributed by atoms with van der Waals surface area (Å²) in [6.07, 6.45) is -3.05. The van der Waals surface area contributed by atoms with E-state index in [0.29, 0.717) is 5.76 Å². The van der Waals surface area contributed by atoms with E-state index in [2.05, 4.69) is 5.32 Å². The van der Waals surface area contributed by atoms with Crippen LogP contribution in [0.15, 0.2) is 47.1 Å². The number of hydrogen-bond donors (Lipinski definition) is 2. The van der Waals surface area contributed by atoms with Gasteiger partial charge in [-0.3, -0.25) is 4.79 Å². The van der Waals surface area contributed by atoms with Crippen molar-refractivity contribution >= 4 is 5.91 Å². The Morgan fingerprint density at radius 1 is 1.22 bits per heavy atom. The molecule has 0 aliphatic rings. The Balaban J connectivity index is 2.05. The van der Waals surface area contributed by atoms with Gasteiger partial charge >= 0.3 is 6.18 Å². The second-order valence-electron chi connectivity index (χ2n) is 5.48. The van der Waals surface area contributed by atoms with E-state index >= 15 is 0 Å². The van der Waals surface area contributed by atoms with E-state index < -0.39 is 28.8 Å². The van der Waals surface area contributed by atoms with Gasteiger partial charge in [-0.1, -0.05) is 12.1 Å². The van der Waals surface area contributed by atoms with Crippen molar-refractivity contribution in [3.05, 3.63) is 59.5 Å². The largest absolute Gasteiger partial charge is 0.469 e. The molecule has 0 saturated carbocycles. The number of carbonyl (C=O) groups is 1. The van der Waals surface area contributed by atoms with E-state index in [1.165, 1.54) is 25.3 Å². The summed E-state index contributed by atoms with van der Waals surface area (Å²) >= 11 is 0. The topological polar surface area (TPSA) is 62.5 Å². The molecule has 23 heavy (non-hydrogen) atoms. The first-order valence-electron chi connectivity index (χ1n) is 6.88. The summed E-state index contributed by atoms with van der Waals surface area (Å²) in [6.45, 7) is 1.25. The van der Waals surface area contributed by atoms with Crippen LogP contribution < -0.4 is 5.32 Å². The summed E-state index contributed by atoms with van der Waals surface area (Å²) in [5, 5.41) is 12.5. The Morgan fingerprint density at radius 3 is 2.52 bits per heavy atom. The van der Waals surface area contributed by atoms with Crippen LogP contribution in [0.2, 0.25) is 0 Å². The minimum absolute atomic E-state index is 0.126. The molecule has 1 aromatic heterocycles. The molecule has 1 amide bonds. The highest BCUT2D eigenvalue weighted by Gasteiger charge is 2.35. The molecule has 124 valence electrons. The lowest BCUT2D eigenvalue weighted by atomic mass is 10.00. The van der Waals surface area contributed by atoms with Gasteiger partial charge in [0.05, 0.1) is 23.0 Å². The highest BCUT2D eigenvalue weighted by atomic mass is 19.4. The Bertz CT molecular complexity index is 663. The number of halogens is 3. The zero-order valence-corrected chi connectivity index (χ0v) is 12.4. The minimum atomic E-state index is -4.62. The van der Waals surface area contributed by atoms with E-state index in [-0.39, 0.29) is 13.0 Å². The number of nitrogens with one attached hydrogen (secondary N) is 1. The van der Waals surface area contributed by atoms with Crippen LogP contribution in [0.25, 0.3) is 0 Å². The molecule has 0 radical (unpaired) electrons. The average molecular weight is 327 g/mol. The molecule has 2 aromatic rings. The molecule has 0 saturated heterocycles. The van der Waals surface area contributed by atoms with Gasteiger partial charge < -0.3 is 14.8 Å². The molecule has 0 spiro atoms. The third-order valence-corrected chi connectivity index (χ3v) is 3.24. The predicted molar refractivity (Wildman–Crippen MR) is 76.8 cm³/mol. The summed E-state index contributed by atoms with van der Waals surface area (Å²) in [5.74, 6) is -0.377. The molecule has 4 nitrogen and oxygen atoms in total. The first-order chi connectivity index (χ1) is 10.7. The highest BCUT2D eigenvalue weighted by Crippen LogP contribution is 2.31. The molecule has 2 rings (SSSR count). The van der Waals surface area contributed by atoms with Crippen molar-refractivity contribution < 1.29 is 27.5 Å². The second-order valence-corrected chi connectivity index (χ2v) is 5.48. The monoisotopic (exact) mass is 327 g/mol. The lowest BCUT2D eigenvalue weighted by Crippen LogP contribution is -2.42. The summed E-state index contributed by atoms with van der Waals surface area (Å²) < 4.78 is 43.8. The molecular formula is C16H16F3NO3. The van der Waals surface area contributed by atoms with Gasteiger partial charge in [0.25, 0.3) is 5.91 Å². The van der Waals surface area contributed by atoms with Gasteiger partial charge in [-0.2, -0.15) is 13.2 Å². The number of benzene rings is 1. The van der Waals surface area contributed by atoms with Crippen LogP contribution in [0.3, 0.4) is 0 Å².